The molecule has 1 aliphatic carbocycles. The highest BCUT2D eigenvalue weighted by molar-refractivity contribution is 6.32. The number of rotatable bonds is 10. The van der Waals surface area contributed by atoms with E-state index in [4.69, 9.17) is 25.8 Å². The van der Waals surface area contributed by atoms with Gasteiger partial charge in [0, 0.05) is 62.3 Å². The first-order valence-corrected chi connectivity index (χ1v) is 20.0. The zero-order valence-electron chi connectivity index (χ0n) is 32.1. The summed E-state index contributed by atoms with van der Waals surface area (Å²) in [7, 11) is 0. The fraction of sp³-hybridized carbons (Fsp3) is 0.432. The molecule has 1 saturated heterocycles. The van der Waals surface area contributed by atoms with Crippen LogP contribution in [0.5, 0.6) is 17.2 Å². The number of aliphatic hydroxyl groups excluding tert-OH is 1. The molecule has 11 nitrogen and oxygen atoms in total. The number of piperidine rings is 1. The van der Waals surface area contributed by atoms with Crippen LogP contribution in [0.1, 0.15) is 76.7 Å². The Hall–Kier alpha value is -4.68. The van der Waals surface area contributed by atoms with Crippen LogP contribution in [-0.4, -0.2) is 76.4 Å². The number of carbonyl (C=O) groups is 2. The van der Waals surface area contributed by atoms with Crippen LogP contribution >= 0.6 is 11.6 Å². The van der Waals surface area contributed by atoms with Gasteiger partial charge in [-0.1, -0.05) is 41.9 Å². The Labute approximate surface area is 333 Å². The molecule has 3 heterocycles. The van der Waals surface area contributed by atoms with Crippen molar-refractivity contribution in [3.8, 4) is 28.4 Å². The summed E-state index contributed by atoms with van der Waals surface area (Å²) < 4.78 is 19.0. The first kappa shape index (κ1) is 39.6. The number of hydrogen-bond acceptors (Lipinski definition) is 9. The van der Waals surface area contributed by atoms with Crippen LogP contribution in [0.15, 0.2) is 67.0 Å². The lowest BCUT2D eigenvalue weighted by atomic mass is 9.93. The molecule has 2 atom stereocenters. The van der Waals surface area contributed by atoms with Crippen molar-refractivity contribution in [2.75, 3.05) is 32.8 Å². The van der Waals surface area contributed by atoms with Crippen molar-refractivity contribution in [2.24, 2.45) is 5.92 Å². The largest absolute Gasteiger partial charge is 0.493 e. The maximum absolute atomic E-state index is 12.8. The predicted molar refractivity (Wildman–Crippen MR) is 214 cm³/mol. The van der Waals surface area contributed by atoms with Crippen molar-refractivity contribution in [3.05, 3.63) is 105 Å². The third-order valence-corrected chi connectivity index (χ3v) is 11.8. The van der Waals surface area contributed by atoms with Crippen molar-refractivity contribution in [1.29, 1.82) is 0 Å². The maximum atomic E-state index is 12.8. The number of hydrogen-bond donors (Lipinski definition) is 4. The van der Waals surface area contributed by atoms with E-state index in [1.54, 1.807) is 24.4 Å². The monoisotopic (exact) mass is 782 g/mol. The summed E-state index contributed by atoms with van der Waals surface area (Å²) in [6.45, 7) is 8.70. The Morgan fingerprint density at radius 3 is 2.61 bits per heavy atom. The molecule has 0 spiro atoms. The number of pyridine rings is 1. The van der Waals surface area contributed by atoms with E-state index in [2.05, 4.69) is 46.5 Å². The number of fused-ring (bicyclic) bond motifs is 4. The van der Waals surface area contributed by atoms with Crippen LogP contribution in [0.25, 0.3) is 11.1 Å². The van der Waals surface area contributed by atoms with E-state index in [0.29, 0.717) is 65.6 Å². The molecule has 2 aliphatic heterocycles. The number of amides is 1. The van der Waals surface area contributed by atoms with Gasteiger partial charge in [0.15, 0.2) is 0 Å². The second-order valence-corrected chi connectivity index (χ2v) is 15.7. The average molecular weight is 783 g/mol. The fourth-order valence-electron chi connectivity index (χ4n) is 7.91. The van der Waals surface area contributed by atoms with Crippen LogP contribution in [0.2, 0.25) is 5.02 Å². The summed E-state index contributed by atoms with van der Waals surface area (Å²) in [4.78, 5) is 31.9. The van der Waals surface area contributed by atoms with Gasteiger partial charge < -0.3 is 34.6 Å². The van der Waals surface area contributed by atoms with Crippen LogP contribution in [-0.2, 0) is 24.6 Å². The second-order valence-electron chi connectivity index (χ2n) is 15.3. The standard InChI is InChI=1S/C44H51ClN4O7/c1-28-31(7-3-9-36(28)37-10-4-11-39(29(37)2)54-18-6-15-49-16-12-35(50)13-17-49)27-56-41-21-40-32(20-38(41)45)25-48-44(43(52)53)22-34(44)8-5-14-47-42(51)33-19-30(26-55-40)23-46-24-33/h3-4,7,9-11,19-21,23-24,34-35,48,50H,5-6,8,12-18,22,25-27H2,1-2H3,(H,47,51)(H,52,53). The second kappa shape index (κ2) is 17.6. The lowest BCUT2D eigenvalue weighted by Gasteiger charge is -2.29. The fourth-order valence-corrected chi connectivity index (χ4v) is 8.15. The Morgan fingerprint density at radius 1 is 1.02 bits per heavy atom. The van der Waals surface area contributed by atoms with Gasteiger partial charge in [-0.3, -0.25) is 19.9 Å². The third-order valence-electron chi connectivity index (χ3n) is 11.5. The lowest BCUT2D eigenvalue weighted by Crippen LogP contribution is -2.41. The highest BCUT2D eigenvalue weighted by Gasteiger charge is 2.59. The molecule has 2 fully saturated rings. The minimum atomic E-state index is -1.04. The van der Waals surface area contributed by atoms with Crippen molar-refractivity contribution in [3.63, 3.8) is 0 Å². The van der Waals surface area contributed by atoms with Crippen LogP contribution in [0.3, 0.4) is 0 Å². The molecule has 0 radical (unpaired) electrons. The summed E-state index contributed by atoms with van der Waals surface area (Å²) in [6.07, 6.45) is 7.46. The van der Waals surface area contributed by atoms with Crippen molar-refractivity contribution in [1.82, 2.24) is 20.5 Å². The number of likely N-dealkylation sites (tertiary alicyclic amines) is 1. The third kappa shape index (κ3) is 9.13. The number of carboxylic acids is 1. The number of halogens is 1. The first-order chi connectivity index (χ1) is 27.1. The van der Waals surface area contributed by atoms with E-state index < -0.39 is 11.5 Å². The van der Waals surface area contributed by atoms with Gasteiger partial charge in [-0.2, -0.15) is 0 Å². The number of carbonyl (C=O) groups excluding carboxylic acids is 1. The Bertz CT molecular complexity index is 2050. The maximum Gasteiger partial charge on any atom is 0.324 e. The molecule has 296 valence electrons. The Kier molecular flexibility index (Phi) is 12.5. The number of aliphatic hydroxyl groups is 1. The molecule has 4 N–H and O–H groups in total. The van der Waals surface area contributed by atoms with Gasteiger partial charge in [0.05, 0.1) is 23.3 Å². The Balaban J connectivity index is 1.07. The topological polar surface area (TPSA) is 142 Å². The van der Waals surface area contributed by atoms with Crippen molar-refractivity contribution < 1.29 is 34.0 Å². The minimum absolute atomic E-state index is 0.0541. The summed E-state index contributed by atoms with van der Waals surface area (Å²) in [5, 5.41) is 26.6. The summed E-state index contributed by atoms with van der Waals surface area (Å²) in [6, 6.07) is 17.6. The van der Waals surface area contributed by atoms with E-state index in [9.17, 15) is 19.8 Å². The summed E-state index contributed by atoms with van der Waals surface area (Å²) in [5.74, 6) is 0.615. The molecule has 2 bridgehead atoms. The highest BCUT2D eigenvalue weighted by atomic mass is 35.5. The van der Waals surface area contributed by atoms with E-state index in [0.717, 1.165) is 72.5 Å². The molecule has 3 aliphatic rings. The highest BCUT2D eigenvalue weighted by Crippen LogP contribution is 2.47. The average Bonchev–Trinajstić information content (AvgIpc) is 3.92. The molecular formula is C44H51ClN4O7. The van der Waals surface area contributed by atoms with Crippen LogP contribution < -0.4 is 24.8 Å². The van der Waals surface area contributed by atoms with Crippen LogP contribution in [0, 0.1) is 19.8 Å². The van der Waals surface area contributed by atoms with E-state index >= 15 is 0 Å². The smallest absolute Gasteiger partial charge is 0.324 e. The van der Waals surface area contributed by atoms with Gasteiger partial charge in [0.25, 0.3) is 5.91 Å². The van der Waals surface area contributed by atoms with E-state index in [1.807, 2.05) is 24.3 Å². The number of ether oxygens (including phenoxy) is 3. The predicted octanol–water partition coefficient (Wildman–Crippen LogP) is 6.86. The molecule has 2 unspecified atom stereocenters. The van der Waals surface area contributed by atoms with Gasteiger partial charge in [-0.15, -0.1) is 0 Å². The molecule has 1 saturated carbocycles. The quantitative estimate of drug-likeness (QED) is 0.126. The minimum Gasteiger partial charge on any atom is -0.493 e. The molecule has 4 aromatic rings. The van der Waals surface area contributed by atoms with Gasteiger partial charge in [-0.05, 0) is 104 Å². The summed E-state index contributed by atoms with van der Waals surface area (Å²) >= 11 is 6.86. The number of benzene rings is 3. The van der Waals surface area contributed by atoms with Crippen LogP contribution in [0.4, 0.5) is 0 Å². The van der Waals surface area contributed by atoms with Gasteiger partial charge in [0.2, 0.25) is 0 Å². The molecule has 3 aromatic carbocycles. The number of carboxylic acid groups (broad SMARTS) is 1. The SMILES string of the molecule is Cc1c(COc2cc3c(cc2Cl)CNC2(C(=O)O)CC2CCCNC(=O)c2cncc(c2)CO3)cccc1-c1cccc(OCCCN2CCC(O)CC2)c1C. The number of aromatic nitrogens is 1. The molecule has 1 amide bonds. The number of nitrogens with zero attached hydrogens (tertiary/aromatic N) is 2. The lowest BCUT2D eigenvalue weighted by molar-refractivity contribution is -0.141. The summed E-state index contributed by atoms with van der Waals surface area (Å²) in [5.41, 5.74) is 6.13. The Morgan fingerprint density at radius 2 is 1.80 bits per heavy atom. The van der Waals surface area contributed by atoms with E-state index in [-0.39, 0.29) is 37.7 Å². The van der Waals surface area contributed by atoms with Gasteiger partial charge in [0.1, 0.15) is 36.0 Å². The van der Waals surface area contributed by atoms with Crippen molar-refractivity contribution in [2.45, 2.75) is 83.8 Å². The molecular weight excluding hydrogens is 732 g/mol. The van der Waals surface area contributed by atoms with Gasteiger partial charge >= 0.3 is 5.97 Å². The zero-order valence-corrected chi connectivity index (χ0v) is 32.9. The molecule has 12 heteroatoms. The number of aliphatic carboxylic acids is 1. The van der Waals surface area contributed by atoms with Gasteiger partial charge in [-0.25, -0.2) is 0 Å². The molecule has 7 rings (SSSR count). The normalized spacial score (nSPS) is 20.6. The zero-order chi connectivity index (χ0) is 39.2. The molecule has 56 heavy (non-hydrogen) atoms. The number of nitrogens with one attached hydrogen (secondary N) is 2. The molecule has 1 aromatic heterocycles. The van der Waals surface area contributed by atoms with E-state index in [1.165, 1.54) is 6.20 Å². The van der Waals surface area contributed by atoms with Crippen molar-refractivity contribution >= 4 is 23.5 Å². The first-order valence-electron chi connectivity index (χ1n) is 19.6.